The smallest absolute Gasteiger partial charge is 0.253 e. The topological polar surface area (TPSA) is 135 Å². The van der Waals surface area contributed by atoms with Crippen molar-refractivity contribution < 1.29 is 21.6 Å². The minimum absolute atomic E-state index is 0.0567. The monoisotopic (exact) mass is 517 g/mol. The number of anilines is 1. The molecule has 1 aromatic carbocycles. The molecule has 0 saturated heterocycles. The third-order valence-electron chi connectivity index (χ3n) is 5.83. The highest BCUT2D eigenvalue weighted by Gasteiger charge is 2.22. The average molecular weight is 518 g/mol. The number of nitrogens with two attached hydrogens (primary N) is 1. The fourth-order valence-corrected chi connectivity index (χ4v) is 6.08. The van der Waals surface area contributed by atoms with Gasteiger partial charge in [0.2, 0.25) is 5.91 Å². The molecule has 10 heteroatoms. The summed E-state index contributed by atoms with van der Waals surface area (Å²) in [5.41, 5.74) is -0.0609. The lowest BCUT2D eigenvalue weighted by Crippen LogP contribution is -2.30. The number of unbranched alkanes of at least 4 members (excludes halogenated alkanes) is 13. The molecule has 0 bridgehead atoms. The van der Waals surface area contributed by atoms with Gasteiger partial charge in [0.15, 0.2) is 9.84 Å². The zero-order valence-corrected chi connectivity index (χ0v) is 22.4. The van der Waals surface area contributed by atoms with Crippen LogP contribution < -0.4 is 16.0 Å². The average Bonchev–Trinajstić information content (AvgIpc) is 2.78. The van der Waals surface area contributed by atoms with E-state index in [2.05, 4.69) is 12.2 Å². The van der Waals surface area contributed by atoms with Gasteiger partial charge in [0.25, 0.3) is 10.0 Å². The molecule has 0 radical (unpaired) electrons. The predicted octanol–water partition coefficient (Wildman–Crippen LogP) is 5.05. The minimum atomic E-state index is -3.98. The van der Waals surface area contributed by atoms with Crippen LogP contribution in [0, 0.1) is 0 Å². The molecular weight excluding hydrogens is 474 g/mol. The van der Waals surface area contributed by atoms with E-state index in [1.165, 1.54) is 83.3 Å². The van der Waals surface area contributed by atoms with Crippen LogP contribution in [0.5, 0.6) is 0 Å². The molecule has 1 aromatic rings. The molecule has 0 saturated carbocycles. The van der Waals surface area contributed by atoms with E-state index in [9.17, 15) is 21.6 Å². The van der Waals surface area contributed by atoms with Crippen LogP contribution in [0.15, 0.2) is 28.0 Å². The molecule has 1 rings (SSSR count). The van der Waals surface area contributed by atoms with Crippen molar-refractivity contribution in [2.75, 3.05) is 11.1 Å². The molecule has 0 spiro atoms. The Morgan fingerprint density at radius 1 is 0.794 bits per heavy atom. The second-order valence-corrected chi connectivity index (χ2v) is 12.7. The zero-order chi connectivity index (χ0) is 25.5. The minimum Gasteiger partial charge on any atom is -0.325 e. The summed E-state index contributed by atoms with van der Waals surface area (Å²) < 4.78 is 49.5. The van der Waals surface area contributed by atoms with Gasteiger partial charge in [0.05, 0.1) is 21.2 Å². The molecule has 1 amide bonds. The number of hydrogen-bond donors (Lipinski definition) is 3. The summed E-state index contributed by atoms with van der Waals surface area (Å²) in [6, 6.07) is 3.47. The lowest BCUT2D eigenvalue weighted by atomic mass is 10.0. The molecule has 0 fully saturated rings. The van der Waals surface area contributed by atoms with Crippen LogP contribution in [0.25, 0.3) is 0 Å². The molecule has 0 aliphatic carbocycles. The van der Waals surface area contributed by atoms with E-state index in [0.717, 1.165) is 25.3 Å². The number of nitrogens with one attached hydrogen (secondary N) is 2. The van der Waals surface area contributed by atoms with Gasteiger partial charge in [-0.05, 0) is 24.6 Å². The number of benzene rings is 1. The summed E-state index contributed by atoms with van der Waals surface area (Å²) in [6.45, 7) is 3.46. The van der Waals surface area contributed by atoms with Gasteiger partial charge >= 0.3 is 0 Å². The van der Waals surface area contributed by atoms with Crippen molar-refractivity contribution in [1.29, 1.82) is 0 Å². The summed E-state index contributed by atoms with van der Waals surface area (Å²) in [7, 11) is -7.66. The van der Waals surface area contributed by atoms with Crippen LogP contribution in [0.4, 0.5) is 5.69 Å². The van der Waals surface area contributed by atoms with Crippen LogP contribution in [0.3, 0.4) is 0 Å². The maximum atomic E-state index is 12.8. The van der Waals surface area contributed by atoms with E-state index in [1.54, 1.807) is 4.83 Å². The second kappa shape index (κ2) is 16.2. The Morgan fingerprint density at radius 2 is 1.26 bits per heavy atom. The van der Waals surface area contributed by atoms with Gasteiger partial charge < -0.3 is 5.32 Å². The first-order chi connectivity index (χ1) is 16.1. The standard InChI is InChI=1S/C24H43N3O5S2/c1-3-4-5-6-7-8-9-10-11-12-13-14-15-16-19-33(29,30)24-18-17-22(34(31,32)27-25)20-23(24)26-21(2)28/h17-18,20,27H,3-16,19,25H2,1-2H3,(H,26,28). The van der Waals surface area contributed by atoms with E-state index in [0.29, 0.717) is 6.42 Å². The molecule has 0 unspecified atom stereocenters. The molecule has 196 valence electrons. The van der Waals surface area contributed by atoms with Crippen molar-refractivity contribution in [1.82, 2.24) is 4.83 Å². The summed E-state index contributed by atoms with van der Waals surface area (Å²) in [5.74, 6) is 4.48. The number of carbonyl (C=O) groups excluding carboxylic acids is 1. The van der Waals surface area contributed by atoms with Crippen LogP contribution >= 0.6 is 0 Å². The molecular formula is C24H43N3O5S2. The normalized spacial score (nSPS) is 12.1. The summed E-state index contributed by atoms with van der Waals surface area (Å²) in [4.78, 5) is 12.9. The third-order valence-corrected chi connectivity index (χ3v) is 8.87. The van der Waals surface area contributed by atoms with E-state index >= 15 is 0 Å². The Balaban J connectivity index is 2.41. The second-order valence-electron chi connectivity index (χ2n) is 8.88. The Bertz CT molecular complexity index is 947. The highest BCUT2D eigenvalue weighted by Crippen LogP contribution is 2.27. The third kappa shape index (κ3) is 11.8. The van der Waals surface area contributed by atoms with Gasteiger partial charge in [-0.1, -0.05) is 90.4 Å². The van der Waals surface area contributed by atoms with Crippen LogP contribution in [0.2, 0.25) is 0 Å². The van der Waals surface area contributed by atoms with Crippen molar-refractivity contribution >= 4 is 31.5 Å². The van der Waals surface area contributed by atoms with Crippen LogP contribution in [-0.4, -0.2) is 28.5 Å². The first-order valence-electron chi connectivity index (χ1n) is 12.5. The van der Waals surface area contributed by atoms with Gasteiger partial charge in [0, 0.05) is 6.92 Å². The number of sulfone groups is 1. The maximum Gasteiger partial charge on any atom is 0.253 e. The van der Waals surface area contributed by atoms with Gasteiger partial charge in [-0.25, -0.2) is 16.8 Å². The predicted molar refractivity (Wildman–Crippen MR) is 138 cm³/mol. The van der Waals surface area contributed by atoms with E-state index in [4.69, 9.17) is 5.84 Å². The first kappa shape index (κ1) is 30.5. The van der Waals surface area contributed by atoms with Gasteiger partial charge in [-0.3, -0.25) is 10.6 Å². The highest BCUT2D eigenvalue weighted by atomic mass is 32.2. The maximum absolute atomic E-state index is 12.8. The molecule has 4 N–H and O–H groups in total. The van der Waals surface area contributed by atoms with Crippen molar-refractivity contribution in [2.45, 2.75) is 114 Å². The van der Waals surface area contributed by atoms with Crippen molar-refractivity contribution in [2.24, 2.45) is 5.84 Å². The lowest BCUT2D eigenvalue weighted by molar-refractivity contribution is -0.114. The zero-order valence-electron chi connectivity index (χ0n) is 20.8. The van der Waals surface area contributed by atoms with Crippen LogP contribution in [-0.2, 0) is 24.7 Å². The Hall–Kier alpha value is -1.49. The highest BCUT2D eigenvalue weighted by molar-refractivity contribution is 7.91. The van der Waals surface area contributed by atoms with E-state index in [-0.39, 0.29) is 21.2 Å². The lowest BCUT2D eigenvalue weighted by Gasteiger charge is -2.13. The number of carbonyl (C=O) groups is 1. The molecule has 0 atom stereocenters. The van der Waals surface area contributed by atoms with Gasteiger partial charge in [0.1, 0.15) is 0 Å². The number of hydrazine groups is 1. The van der Waals surface area contributed by atoms with Crippen LogP contribution in [0.1, 0.15) is 104 Å². The molecule has 0 aromatic heterocycles. The molecule has 0 aliphatic heterocycles. The fourth-order valence-electron chi connectivity index (χ4n) is 3.90. The molecule has 8 nitrogen and oxygen atoms in total. The molecule has 0 heterocycles. The summed E-state index contributed by atoms with van der Waals surface area (Å²) in [6.07, 6.45) is 16.5. The molecule has 34 heavy (non-hydrogen) atoms. The number of hydrogen-bond acceptors (Lipinski definition) is 6. The largest absolute Gasteiger partial charge is 0.325 e. The Kier molecular flexibility index (Phi) is 14.6. The van der Waals surface area contributed by atoms with Crippen molar-refractivity contribution in [3.63, 3.8) is 0 Å². The Morgan fingerprint density at radius 3 is 1.71 bits per heavy atom. The Labute approximate surface area is 206 Å². The van der Waals surface area contributed by atoms with Gasteiger partial charge in [-0.15, -0.1) is 0 Å². The first-order valence-corrected chi connectivity index (χ1v) is 15.6. The quantitative estimate of drug-likeness (QED) is 0.133. The fraction of sp³-hybridized carbons (Fsp3) is 0.708. The van der Waals surface area contributed by atoms with Crippen molar-refractivity contribution in [3.05, 3.63) is 18.2 Å². The molecule has 0 aliphatic rings. The summed E-state index contributed by atoms with van der Waals surface area (Å²) in [5, 5.41) is 2.42. The van der Waals surface area contributed by atoms with Crippen molar-refractivity contribution in [3.8, 4) is 0 Å². The number of rotatable bonds is 19. The SMILES string of the molecule is CCCCCCCCCCCCCCCCS(=O)(=O)c1ccc(S(=O)(=O)NN)cc1NC(C)=O. The summed E-state index contributed by atoms with van der Waals surface area (Å²) >= 11 is 0. The van der Waals surface area contributed by atoms with E-state index < -0.39 is 25.8 Å². The number of sulfonamides is 1. The number of amides is 1. The van der Waals surface area contributed by atoms with E-state index in [1.807, 2.05) is 0 Å². The van der Waals surface area contributed by atoms with Gasteiger partial charge in [-0.2, -0.15) is 4.83 Å².